The van der Waals surface area contributed by atoms with E-state index in [1.165, 1.54) is 21.3 Å². The molecular formula is C16H15NO5S. The van der Waals surface area contributed by atoms with E-state index in [1.54, 1.807) is 18.2 Å². The van der Waals surface area contributed by atoms with E-state index in [9.17, 15) is 9.59 Å². The smallest absolute Gasteiger partial charge is 0.294 e. The predicted octanol–water partition coefficient (Wildman–Crippen LogP) is 2.38. The molecule has 23 heavy (non-hydrogen) atoms. The van der Waals surface area contributed by atoms with Gasteiger partial charge in [-0.2, -0.15) is 0 Å². The van der Waals surface area contributed by atoms with E-state index in [0.29, 0.717) is 22.8 Å². The van der Waals surface area contributed by atoms with E-state index in [2.05, 4.69) is 5.92 Å². The van der Waals surface area contributed by atoms with Gasteiger partial charge in [0.2, 0.25) is 0 Å². The molecule has 1 aromatic rings. The molecule has 0 radical (unpaired) electrons. The third-order valence-electron chi connectivity index (χ3n) is 3.15. The second-order valence-electron chi connectivity index (χ2n) is 4.42. The van der Waals surface area contributed by atoms with Crippen LogP contribution in [0.3, 0.4) is 0 Å². The minimum Gasteiger partial charge on any atom is -0.496 e. The van der Waals surface area contributed by atoms with Crippen LogP contribution in [0.15, 0.2) is 17.0 Å². The molecule has 0 saturated carbocycles. The van der Waals surface area contributed by atoms with Gasteiger partial charge in [-0.05, 0) is 17.8 Å². The van der Waals surface area contributed by atoms with Crippen molar-refractivity contribution in [2.45, 2.75) is 0 Å². The zero-order valence-corrected chi connectivity index (χ0v) is 13.7. The molecule has 0 aromatic heterocycles. The predicted molar refractivity (Wildman–Crippen MR) is 87.6 cm³/mol. The topological polar surface area (TPSA) is 65.1 Å². The number of rotatable bonds is 5. The van der Waals surface area contributed by atoms with Gasteiger partial charge in [-0.3, -0.25) is 14.5 Å². The van der Waals surface area contributed by atoms with Crippen LogP contribution >= 0.6 is 11.8 Å². The molecule has 0 atom stereocenters. The maximum atomic E-state index is 12.2. The fraction of sp³-hybridized carbons (Fsp3) is 0.250. The Morgan fingerprint density at radius 3 is 2.26 bits per heavy atom. The number of hydrogen-bond acceptors (Lipinski definition) is 6. The number of nitrogens with zero attached hydrogens (tertiary/aromatic N) is 1. The normalized spacial score (nSPS) is 15.7. The van der Waals surface area contributed by atoms with Crippen molar-refractivity contribution in [3.8, 4) is 29.6 Å². The second kappa shape index (κ2) is 7.11. The third kappa shape index (κ3) is 3.27. The average molecular weight is 333 g/mol. The van der Waals surface area contributed by atoms with Gasteiger partial charge in [-0.1, -0.05) is 5.92 Å². The summed E-state index contributed by atoms with van der Waals surface area (Å²) in [7, 11) is 4.52. The molecule has 0 N–H and O–H groups in total. The number of imide groups is 1. The fourth-order valence-corrected chi connectivity index (χ4v) is 2.85. The minimum absolute atomic E-state index is 0.0567. The summed E-state index contributed by atoms with van der Waals surface area (Å²) in [5, 5.41) is -0.398. The second-order valence-corrected chi connectivity index (χ2v) is 5.41. The van der Waals surface area contributed by atoms with Crippen LogP contribution in [-0.2, 0) is 4.79 Å². The van der Waals surface area contributed by atoms with Gasteiger partial charge in [0.1, 0.15) is 17.2 Å². The van der Waals surface area contributed by atoms with E-state index >= 15 is 0 Å². The van der Waals surface area contributed by atoms with Crippen LogP contribution in [0.5, 0.6) is 17.2 Å². The van der Waals surface area contributed by atoms with E-state index in [4.69, 9.17) is 20.6 Å². The van der Waals surface area contributed by atoms with Gasteiger partial charge >= 0.3 is 0 Å². The van der Waals surface area contributed by atoms with E-state index in [1.807, 2.05) is 0 Å². The molecule has 1 aliphatic rings. The van der Waals surface area contributed by atoms with Crippen LogP contribution in [0.2, 0.25) is 0 Å². The number of amides is 2. The lowest BCUT2D eigenvalue weighted by atomic mass is 10.1. The van der Waals surface area contributed by atoms with E-state index in [-0.39, 0.29) is 11.4 Å². The van der Waals surface area contributed by atoms with Crippen LogP contribution < -0.4 is 14.2 Å². The maximum Gasteiger partial charge on any atom is 0.294 e. The summed E-state index contributed by atoms with van der Waals surface area (Å²) >= 11 is 0.826. The van der Waals surface area contributed by atoms with E-state index < -0.39 is 11.1 Å². The summed E-state index contributed by atoms with van der Waals surface area (Å²) in [5.74, 6) is 3.34. The Balaban J connectivity index is 2.49. The van der Waals surface area contributed by atoms with Crippen molar-refractivity contribution < 1.29 is 23.8 Å². The van der Waals surface area contributed by atoms with Crippen molar-refractivity contribution in [2.75, 3.05) is 27.9 Å². The number of ether oxygens (including phenoxy) is 3. The number of methoxy groups -OCH3 is 3. The average Bonchev–Trinajstić information content (AvgIpc) is 2.82. The van der Waals surface area contributed by atoms with Crippen LogP contribution in [-0.4, -0.2) is 43.9 Å². The molecular weight excluding hydrogens is 318 g/mol. The SMILES string of the molecule is C#CCN1C(=O)S/C(=C\c2c(OC)cc(OC)cc2OC)C1=O. The lowest BCUT2D eigenvalue weighted by Gasteiger charge is -2.13. The molecule has 1 saturated heterocycles. The Morgan fingerprint density at radius 1 is 1.17 bits per heavy atom. The summed E-state index contributed by atoms with van der Waals surface area (Å²) < 4.78 is 15.8. The van der Waals surface area contributed by atoms with Crippen molar-refractivity contribution in [3.63, 3.8) is 0 Å². The van der Waals surface area contributed by atoms with Gasteiger partial charge < -0.3 is 14.2 Å². The quantitative estimate of drug-likeness (QED) is 0.609. The minimum atomic E-state index is -0.433. The van der Waals surface area contributed by atoms with Crippen LogP contribution in [0.4, 0.5) is 4.79 Å². The van der Waals surface area contributed by atoms with Crippen molar-refractivity contribution in [2.24, 2.45) is 0 Å². The summed E-state index contributed by atoms with van der Waals surface area (Å²) in [4.78, 5) is 25.3. The van der Waals surface area contributed by atoms with Crippen LogP contribution in [0.1, 0.15) is 5.56 Å². The van der Waals surface area contributed by atoms with Crippen molar-refractivity contribution in [1.82, 2.24) is 4.90 Å². The monoisotopic (exact) mass is 333 g/mol. The summed E-state index contributed by atoms with van der Waals surface area (Å²) in [6.07, 6.45) is 6.73. The van der Waals surface area contributed by atoms with Gasteiger partial charge in [-0.15, -0.1) is 6.42 Å². The first-order chi connectivity index (χ1) is 11.0. The molecule has 0 aliphatic carbocycles. The van der Waals surface area contributed by atoms with E-state index in [0.717, 1.165) is 16.7 Å². The first-order valence-corrected chi connectivity index (χ1v) is 7.36. The molecule has 120 valence electrons. The first-order valence-electron chi connectivity index (χ1n) is 6.54. The molecule has 0 spiro atoms. The highest BCUT2D eigenvalue weighted by Crippen LogP contribution is 2.39. The Hall–Kier alpha value is -2.59. The summed E-state index contributed by atoms with van der Waals surface area (Å²) in [5.41, 5.74) is 0.544. The van der Waals surface area contributed by atoms with Crippen molar-refractivity contribution in [1.29, 1.82) is 0 Å². The molecule has 7 heteroatoms. The zero-order chi connectivity index (χ0) is 17.0. The Morgan fingerprint density at radius 2 is 1.78 bits per heavy atom. The number of terminal acetylenes is 1. The first kappa shape index (κ1) is 16.8. The molecule has 1 heterocycles. The Bertz CT molecular complexity index is 695. The van der Waals surface area contributed by atoms with Gasteiger partial charge in [0, 0.05) is 12.1 Å². The van der Waals surface area contributed by atoms with Crippen LogP contribution in [0, 0.1) is 12.3 Å². The highest BCUT2D eigenvalue weighted by atomic mass is 32.2. The number of benzene rings is 1. The third-order valence-corrected chi connectivity index (χ3v) is 4.06. The summed E-state index contributed by atoms with van der Waals surface area (Å²) in [6, 6.07) is 3.33. The standard InChI is InChI=1S/C16H15NO5S/c1-5-6-17-15(18)14(23-16(17)19)9-11-12(21-3)7-10(20-2)8-13(11)22-4/h1,7-9H,6H2,2-4H3/b14-9-. The van der Waals surface area contributed by atoms with Gasteiger partial charge in [0.15, 0.2) is 0 Å². The van der Waals surface area contributed by atoms with Crippen LogP contribution in [0.25, 0.3) is 6.08 Å². The lowest BCUT2D eigenvalue weighted by molar-refractivity contribution is -0.122. The molecule has 1 fully saturated rings. The number of thioether (sulfide) groups is 1. The molecule has 2 amide bonds. The molecule has 0 bridgehead atoms. The molecule has 2 rings (SSSR count). The zero-order valence-electron chi connectivity index (χ0n) is 12.9. The lowest BCUT2D eigenvalue weighted by Crippen LogP contribution is -2.28. The number of carbonyl (C=O) groups excluding carboxylic acids is 2. The largest absolute Gasteiger partial charge is 0.496 e. The Labute approximate surface area is 138 Å². The van der Waals surface area contributed by atoms with Crippen molar-refractivity contribution >= 4 is 29.0 Å². The molecule has 6 nitrogen and oxygen atoms in total. The maximum absolute atomic E-state index is 12.2. The molecule has 1 aromatic carbocycles. The molecule has 1 aliphatic heterocycles. The molecule has 0 unspecified atom stereocenters. The Kier molecular flexibility index (Phi) is 5.19. The van der Waals surface area contributed by atoms with Gasteiger partial charge in [0.25, 0.3) is 11.1 Å². The number of hydrogen-bond donors (Lipinski definition) is 0. The van der Waals surface area contributed by atoms with Crippen molar-refractivity contribution in [3.05, 3.63) is 22.6 Å². The highest BCUT2D eigenvalue weighted by Gasteiger charge is 2.34. The summed E-state index contributed by atoms with van der Waals surface area (Å²) in [6.45, 7) is -0.0567. The van der Waals surface area contributed by atoms with Gasteiger partial charge in [-0.25, -0.2) is 0 Å². The highest BCUT2D eigenvalue weighted by molar-refractivity contribution is 8.18. The number of carbonyl (C=O) groups is 2. The fourth-order valence-electron chi connectivity index (χ4n) is 2.03. The van der Waals surface area contributed by atoms with Gasteiger partial charge in [0.05, 0.1) is 38.3 Å².